The van der Waals surface area contributed by atoms with Crippen molar-refractivity contribution in [3.05, 3.63) is 0 Å². The number of likely N-dealkylation sites (tertiary alicyclic amines) is 1. The molecule has 1 fully saturated rings. The fourth-order valence-electron chi connectivity index (χ4n) is 2.65. The zero-order valence-electron chi connectivity index (χ0n) is 11.3. The Morgan fingerprint density at radius 3 is 2.67 bits per heavy atom. The van der Waals surface area contributed by atoms with E-state index in [-0.39, 0.29) is 18.5 Å². The lowest BCUT2D eigenvalue weighted by molar-refractivity contribution is -0.133. The fraction of sp³-hybridized carbons (Fsp3) is 0.923. The van der Waals surface area contributed by atoms with E-state index in [4.69, 9.17) is 0 Å². The molecule has 1 amide bonds. The summed E-state index contributed by atoms with van der Waals surface area (Å²) in [7, 11) is 0. The van der Waals surface area contributed by atoms with Gasteiger partial charge in [-0.2, -0.15) is 0 Å². The third-order valence-electron chi connectivity index (χ3n) is 3.45. The van der Waals surface area contributed by atoms with Gasteiger partial charge >= 0.3 is 0 Å². The molecule has 1 aliphatic rings. The molecule has 1 heterocycles. The first kappa shape index (κ1) is 15.3. The Morgan fingerprint density at radius 1 is 1.39 bits per heavy atom. The topological polar surface area (TPSA) is 32.3 Å². The number of amides is 1. The van der Waals surface area contributed by atoms with E-state index in [0.717, 1.165) is 25.8 Å². The zero-order valence-corrected chi connectivity index (χ0v) is 11.3. The number of halogens is 2. The first-order valence-corrected chi connectivity index (χ1v) is 6.86. The van der Waals surface area contributed by atoms with Gasteiger partial charge in [-0.15, -0.1) is 0 Å². The highest BCUT2D eigenvalue weighted by Gasteiger charge is 2.28. The number of carbonyl (C=O) groups excluding carboxylic acids is 1. The van der Waals surface area contributed by atoms with Gasteiger partial charge in [0.05, 0.1) is 6.54 Å². The van der Waals surface area contributed by atoms with Gasteiger partial charge < -0.3 is 10.2 Å². The number of carbonyl (C=O) groups is 1. The van der Waals surface area contributed by atoms with E-state index in [1.165, 1.54) is 0 Å². The molecule has 106 valence electrons. The van der Waals surface area contributed by atoms with Gasteiger partial charge in [-0.1, -0.05) is 20.3 Å². The number of hydrogen-bond acceptors (Lipinski definition) is 2. The molecule has 0 radical (unpaired) electrons. The summed E-state index contributed by atoms with van der Waals surface area (Å²) in [4.78, 5) is 13.6. The van der Waals surface area contributed by atoms with Crippen LogP contribution in [-0.4, -0.2) is 42.9 Å². The molecule has 3 nitrogen and oxygen atoms in total. The Hall–Kier alpha value is -0.710. The molecule has 0 aromatic rings. The maximum atomic E-state index is 12.2. The summed E-state index contributed by atoms with van der Waals surface area (Å²) in [5, 5.41) is 2.87. The monoisotopic (exact) mass is 262 g/mol. The predicted octanol–water partition coefficient (Wildman–Crippen LogP) is 2.27. The van der Waals surface area contributed by atoms with Gasteiger partial charge in [0.1, 0.15) is 0 Å². The van der Waals surface area contributed by atoms with Crippen LogP contribution in [0.15, 0.2) is 0 Å². The molecule has 1 saturated heterocycles. The molecule has 0 aromatic carbocycles. The normalized spacial score (nSPS) is 24.6. The molecule has 1 N–H and O–H groups in total. The first-order valence-electron chi connectivity index (χ1n) is 6.86. The SMILES string of the molecule is CCCC1CC(NCC(F)F)CN(C(=O)CC)C1. The fourth-order valence-corrected chi connectivity index (χ4v) is 2.65. The van der Waals surface area contributed by atoms with Crippen LogP contribution in [-0.2, 0) is 4.79 Å². The third-order valence-corrected chi connectivity index (χ3v) is 3.45. The maximum absolute atomic E-state index is 12.2. The molecule has 2 atom stereocenters. The highest BCUT2D eigenvalue weighted by molar-refractivity contribution is 5.76. The quantitative estimate of drug-likeness (QED) is 0.796. The number of alkyl halides is 2. The average Bonchev–Trinajstić information content (AvgIpc) is 2.35. The second kappa shape index (κ2) is 7.67. The molecule has 2 unspecified atom stereocenters. The summed E-state index contributed by atoms with van der Waals surface area (Å²) in [5.74, 6) is 0.564. The lowest BCUT2D eigenvalue weighted by atomic mass is 9.90. The summed E-state index contributed by atoms with van der Waals surface area (Å²) in [6.07, 6.45) is 1.18. The lowest BCUT2D eigenvalue weighted by Crippen LogP contribution is -2.51. The largest absolute Gasteiger partial charge is 0.341 e. The van der Waals surface area contributed by atoms with Crippen LogP contribution in [0, 0.1) is 5.92 Å². The molecule has 0 aromatic heterocycles. The average molecular weight is 262 g/mol. The molecule has 0 bridgehead atoms. The summed E-state index contributed by atoms with van der Waals surface area (Å²) in [6, 6.07) is 0.0137. The molecular weight excluding hydrogens is 238 g/mol. The van der Waals surface area contributed by atoms with E-state index in [1.54, 1.807) is 0 Å². The summed E-state index contributed by atoms with van der Waals surface area (Å²) in [5.41, 5.74) is 0. The molecule has 0 spiro atoms. The second-order valence-electron chi connectivity index (χ2n) is 5.04. The maximum Gasteiger partial charge on any atom is 0.250 e. The van der Waals surface area contributed by atoms with Crippen molar-refractivity contribution in [3.63, 3.8) is 0 Å². The van der Waals surface area contributed by atoms with Crippen LogP contribution in [0.4, 0.5) is 8.78 Å². The van der Waals surface area contributed by atoms with Crippen LogP contribution in [0.25, 0.3) is 0 Å². The molecule has 0 saturated carbocycles. The van der Waals surface area contributed by atoms with E-state index in [0.29, 0.717) is 18.9 Å². The van der Waals surface area contributed by atoms with E-state index in [2.05, 4.69) is 12.2 Å². The van der Waals surface area contributed by atoms with E-state index < -0.39 is 6.43 Å². The highest BCUT2D eigenvalue weighted by atomic mass is 19.3. The second-order valence-corrected chi connectivity index (χ2v) is 5.04. The standard InChI is InChI=1S/C13H24F2N2O/c1-3-5-10-6-11(16-7-12(14)15)9-17(8-10)13(18)4-2/h10-12,16H,3-9H2,1-2H3. The highest BCUT2D eigenvalue weighted by Crippen LogP contribution is 2.22. The van der Waals surface area contributed by atoms with Gasteiger partial charge in [0.15, 0.2) is 0 Å². The minimum atomic E-state index is -2.33. The van der Waals surface area contributed by atoms with Crippen LogP contribution in [0.1, 0.15) is 39.5 Å². The number of nitrogens with one attached hydrogen (secondary N) is 1. The summed E-state index contributed by atoms with van der Waals surface area (Å²) >= 11 is 0. The molecule has 0 aliphatic carbocycles. The van der Waals surface area contributed by atoms with Crippen molar-refractivity contribution in [2.45, 2.75) is 52.0 Å². The van der Waals surface area contributed by atoms with Gasteiger partial charge in [-0.05, 0) is 18.8 Å². The van der Waals surface area contributed by atoms with E-state index in [1.807, 2.05) is 11.8 Å². The molecule has 5 heteroatoms. The van der Waals surface area contributed by atoms with Crippen molar-refractivity contribution in [2.24, 2.45) is 5.92 Å². The van der Waals surface area contributed by atoms with Gasteiger partial charge in [0.2, 0.25) is 5.91 Å². The van der Waals surface area contributed by atoms with Crippen molar-refractivity contribution in [2.75, 3.05) is 19.6 Å². The van der Waals surface area contributed by atoms with Crippen molar-refractivity contribution < 1.29 is 13.6 Å². The summed E-state index contributed by atoms with van der Waals surface area (Å²) in [6.45, 7) is 5.03. The summed E-state index contributed by atoms with van der Waals surface area (Å²) < 4.78 is 24.4. The van der Waals surface area contributed by atoms with Crippen molar-refractivity contribution in [1.82, 2.24) is 10.2 Å². The van der Waals surface area contributed by atoms with E-state index in [9.17, 15) is 13.6 Å². The molecular formula is C13H24F2N2O. The van der Waals surface area contributed by atoms with Gasteiger partial charge in [0.25, 0.3) is 6.43 Å². The minimum absolute atomic E-state index is 0.0137. The number of nitrogens with zero attached hydrogens (tertiary/aromatic N) is 1. The van der Waals surface area contributed by atoms with Gasteiger partial charge in [0, 0.05) is 25.6 Å². The van der Waals surface area contributed by atoms with Crippen molar-refractivity contribution in [3.8, 4) is 0 Å². The minimum Gasteiger partial charge on any atom is -0.341 e. The Bertz CT molecular complexity index is 261. The number of rotatable bonds is 6. The van der Waals surface area contributed by atoms with Gasteiger partial charge in [-0.25, -0.2) is 8.78 Å². The number of hydrogen-bond donors (Lipinski definition) is 1. The van der Waals surface area contributed by atoms with Crippen LogP contribution in [0.2, 0.25) is 0 Å². The zero-order chi connectivity index (χ0) is 13.5. The van der Waals surface area contributed by atoms with Crippen LogP contribution >= 0.6 is 0 Å². The molecule has 1 rings (SSSR count). The lowest BCUT2D eigenvalue weighted by Gasteiger charge is -2.38. The first-order chi connectivity index (χ1) is 8.56. The molecule has 18 heavy (non-hydrogen) atoms. The van der Waals surface area contributed by atoms with E-state index >= 15 is 0 Å². The van der Waals surface area contributed by atoms with Crippen LogP contribution in [0.5, 0.6) is 0 Å². The van der Waals surface area contributed by atoms with Crippen LogP contribution < -0.4 is 5.32 Å². The predicted molar refractivity (Wildman–Crippen MR) is 67.7 cm³/mol. The van der Waals surface area contributed by atoms with Crippen molar-refractivity contribution in [1.29, 1.82) is 0 Å². The molecule has 1 aliphatic heterocycles. The van der Waals surface area contributed by atoms with Crippen molar-refractivity contribution >= 4 is 5.91 Å². The Morgan fingerprint density at radius 2 is 2.11 bits per heavy atom. The third kappa shape index (κ3) is 4.88. The Labute approximate surface area is 108 Å². The number of piperidine rings is 1. The Balaban J connectivity index is 2.53. The van der Waals surface area contributed by atoms with Gasteiger partial charge in [-0.3, -0.25) is 4.79 Å². The Kier molecular flexibility index (Phi) is 6.54. The van der Waals surface area contributed by atoms with Crippen LogP contribution in [0.3, 0.4) is 0 Å². The smallest absolute Gasteiger partial charge is 0.250 e.